The number of esters is 2. The van der Waals surface area contributed by atoms with Gasteiger partial charge in [0.05, 0.1) is 55.3 Å². The summed E-state index contributed by atoms with van der Waals surface area (Å²) in [4.78, 5) is 40.0. The number of hydrogen-bond acceptors (Lipinski definition) is 9. The number of benzene rings is 1. The second-order valence-corrected chi connectivity index (χ2v) is 8.01. The van der Waals surface area contributed by atoms with E-state index in [0.29, 0.717) is 22.1 Å². The van der Waals surface area contributed by atoms with Crippen LogP contribution in [0.25, 0.3) is 0 Å². The summed E-state index contributed by atoms with van der Waals surface area (Å²) in [5, 5.41) is -0.174. The molecule has 2 aliphatic heterocycles. The number of fused-ring (bicyclic) bond motifs is 1. The van der Waals surface area contributed by atoms with Gasteiger partial charge in [-0.3, -0.25) is 9.69 Å². The van der Waals surface area contributed by atoms with E-state index >= 15 is 0 Å². The van der Waals surface area contributed by atoms with Gasteiger partial charge in [0.1, 0.15) is 5.82 Å². The third-order valence-electron chi connectivity index (χ3n) is 5.03. The van der Waals surface area contributed by atoms with E-state index in [0.717, 1.165) is 0 Å². The highest BCUT2D eigenvalue weighted by molar-refractivity contribution is 8.04. The van der Waals surface area contributed by atoms with Crippen molar-refractivity contribution >= 4 is 29.6 Å². The van der Waals surface area contributed by atoms with Gasteiger partial charge in [0.2, 0.25) is 5.91 Å². The highest BCUT2D eigenvalue weighted by Gasteiger charge is 2.49. The Morgan fingerprint density at radius 1 is 1.13 bits per heavy atom. The highest BCUT2D eigenvalue weighted by Crippen LogP contribution is 2.52. The Morgan fingerprint density at radius 2 is 1.84 bits per heavy atom. The Kier molecular flexibility index (Phi) is 6.49. The summed E-state index contributed by atoms with van der Waals surface area (Å²) >= 11 is 1.18. The van der Waals surface area contributed by atoms with Crippen LogP contribution in [0.15, 0.2) is 40.2 Å². The van der Waals surface area contributed by atoms with E-state index in [9.17, 15) is 14.4 Å². The number of carbonyl (C=O) groups is 3. The average molecular weight is 448 g/mol. The molecular formula is C21H24N2O7S. The van der Waals surface area contributed by atoms with Crippen LogP contribution in [0.3, 0.4) is 0 Å². The summed E-state index contributed by atoms with van der Waals surface area (Å²) in [6.45, 7) is 3.44. The third kappa shape index (κ3) is 3.60. The summed E-state index contributed by atoms with van der Waals surface area (Å²) in [6, 6.07) is 5.09. The molecule has 1 saturated heterocycles. The van der Waals surface area contributed by atoms with Crippen LogP contribution in [0.5, 0.6) is 11.5 Å². The average Bonchev–Trinajstić information content (AvgIpc) is 3.06. The van der Waals surface area contributed by atoms with Crippen molar-refractivity contribution in [3.8, 4) is 11.5 Å². The van der Waals surface area contributed by atoms with Gasteiger partial charge in [-0.1, -0.05) is 23.9 Å². The molecule has 0 bridgehead atoms. The van der Waals surface area contributed by atoms with Gasteiger partial charge >= 0.3 is 11.9 Å². The lowest BCUT2D eigenvalue weighted by molar-refractivity contribution is -0.139. The van der Waals surface area contributed by atoms with Crippen LogP contribution in [-0.4, -0.2) is 55.9 Å². The van der Waals surface area contributed by atoms with Gasteiger partial charge in [-0.2, -0.15) is 0 Å². The Bertz CT molecular complexity index is 1000. The molecule has 31 heavy (non-hydrogen) atoms. The minimum atomic E-state index is -0.992. The molecular weight excluding hydrogens is 424 g/mol. The van der Waals surface area contributed by atoms with Crippen molar-refractivity contribution < 1.29 is 33.3 Å². The van der Waals surface area contributed by atoms with Crippen molar-refractivity contribution in [2.45, 2.75) is 25.0 Å². The largest absolute Gasteiger partial charge is 0.493 e. The first kappa shape index (κ1) is 22.5. The molecule has 0 spiro atoms. The molecule has 1 aromatic carbocycles. The zero-order chi connectivity index (χ0) is 22.9. The van der Waals surface area contributed by atoms with E-state index < -0.39 is 23.1 Å². The number of nitrogens with zero attached hydrogens (tertiary/aromatic N) is 1. The van der Waals surface area contributed by atoms with Gasteiger partial charge in [-0.25, -0.2) is 9.59 Å². The predicted octanol–water partition coefficient (Wildman–Crippen LogP) is 1.88. The van der Waals surface area contributed by atoms with Gasteiger partial charge in [0.15, 0.2) is 11.5 Å². The lowest BCUT2D eigenvalue weighted by Gasteiger charge is -2.33. The van der Waals surface area contributed by atoms with E-state index in [2.05, 4.69) is 0 Å². The molecule has 166 valence electrons. The Hall–Kier alpha value is -3.14. The standard InChI is InChI=1S/C21H24N2O7S/c1-6-30-21(26)14-13(11-8-7-9-12(27-3)16(11)28-4)15(20(25)29-5)19-23(17(14)22)18(24)10(2)31-19/h7-10,13H,6,22H2,1-5H3. The van der Waals surface area contributed by atoms with Gasteiger partial charge < -0.3 is 24.7 Å². The molecule has 1 aromatic rings. The molecule has 1 amide bonds. The van der Waals surface area contributed by atoms with Crippen molar-refractivity contribution in [1.29, 1.82) is 0 Å². The predicted molar refractivity (Wildman–Crippen MR) is 113 cm³/mol. The van der Waals surface area contributed by atoms with Crippen LogP contribution in [0.1, 0.15) is 25.3 Å². The Labute approximate surface area is 184 Å². The summed E-state index contributed by atoms with van der Waals surface area (Å²) < 4.78 is 21.2. The lowest BCUT2D eigenvalue weighted by atomic mass is 9.81. The molecule has 2 N–H and O–H groups in total. The maximum absolute atomic E-state index is 13.0. The van der Waals surface area contributed by atoms with Gasteiger partial charge in [-0.15, -0.1) is 0 Å². The summed E-state index contributed by atoms with van der Waals surface area (Å²) in [7, 11) is 4.17. The first-order chi connectivity index (χ1) is 14.8. The van der Waals surface area contributed by atoms with E-state index in [1.165, 1.54) is 38.0 Å². The summed E-state index contributed by atoms with van der Waals surface area (Å²) in [5.74, 6) is -2.13. The van der Waals surface area contributed by atoms with Crippen LogP contribution in [-0.2, 0) is 23.9 Å². The number of para-hydroxylation sites is 1. The number of hydrogen-bond donors (Lipinski definition) is 1. The zero-order valence-electron chi connectivity index (χ0n) is 17.9. The van der Waals surface area contributed by atoms with E-state index in [-0.39, 0.29) is 29.5 Å². The van der Waals surface area contributed by atoms with Crippen molar-refractivity contribution in [2.24, 2.45) is 5.73 Å². The number of thioether (sulfide) groups is 1. The van der Waals surface area contributed by atoms with Crippen LogP contribution >= 0.6 is 11.8 Å². The number of amides is 1. The molecule has 2 aliphatic rings. The van der Waals surface area contributed by atoms with Crippen molar-refractivity contribution in [3.63, 3.8) is 0 Å². The minimum absolute atomic E-state index is 0.0411. The Balaban J connectivity index is 2.39. The first-order valence-corrected chi connectivity index (χ1v) is 10.4. The summed E-state index contributed by atoms with van der Waals surface area (Å²) in [6.07, 6.45) is 0. The number of nitrogens with two attached hydrogens (primary N) is 1. The molecule has 0 aromatic heterocycles. The van der Waals surface area contributed by atoms with Gasteiger partial charge in [0, 0.05) is 5.56 Å². The molecule has 0 aliphatic carbocycles. The maximum atomic E-state index is 13.0. The minimum Gasteiger partial charge on any atom is -0.493 e. The molecule has 0 radical (unpaired) electrons. The van der Waals surface area contributed by atoms with Crippen LogP contribution in [0, 0.1) is 0 Å². The molecule has 3 rings (SSSR count). The molecule has 2 atom stereocenters. The number of methoxy groups -OCH3 is 3. The van der Waals surface area contributed by atoms with Crippen LogP contribution in [0.4, 0.5) is 0 Å². The van der Waals surface area contributed by atoms with E-state index in [1.807, 2.05) is 0 Å². The smallest absolute Gasteiger partial charge is 0.338 e. The maximum Gasteiger partial charge on any atom is 0.338 e. The monoisotopic (exact) mass is 448 g/mol. The fourth-order valence-corrected chi connectivity index (χ4v) is 4.86. The molecule has 10 heteroatoms. The fourth-order valence-electron chi connectivity index (χ4n) is 3.70. The van der Waals surface area contributed by atoms with Crippen molar-refractivity contribution in [1.82, 2.24) is 4.90 Å². The van der Waals surface area contributed by atoms with Gasteiger partial charge in [-0.05, 0) is 19.9 Å². The molecule has 2 unspecified atom stereocenters. The molecule has 0 saturated carbocycles. The first-order valence-electron chi connectivity index (χ1n) is 9.52. The lowest BCUT2D eigenvalue weighted by Crippen LogP contribution is -2.40. The quantitative estimate of drug-likeness (QED) is 0.651. The highest BCUT2D eigenvalue weighted by atomic mass is 32.2. The Morgan fingerprint density at radius 3 is 2.42 bits per heavy atom. The summed E-state index contributed by atoms with van der Waals surface area (Å²) in [5.41, 5.74) is 6.87. The van der Waals surface area contributed by atoms with Crippen LogP contribution in [0.2, 0.25) is 0 Å². The van der Waals surface area contributed by atoms with Crippen molar-refractivity contribution in [2.75, 3.05) is 27.9 Å². The second kappa shape index (κ2) is 8.93. The SMILES string of the molecule is CCOC(=O)C1=C(N)N2C(=O)C(C)SC2=C(C(=O)OC)C1c1cccc(OC)c1OC. The normalized spacial score (nSPS) is 20.5. The van der Waals surface area contributed by atoms with Gasteiger partial charge in [0.25, 0.3) is 0 Å². The number of ether oxygens (including phenoxy) is 4. The topological polar surface area (TPSA) is 117 Å². The second-order valence-electron chi connectivity index (χ2n) is 6.68. The molecule has 9 nitrogen and oxygen atoms in total. The molecule has 2 heterocycles. The molecule has 1 fully saturated rings. The number of carbonyl (C=O) groups excluding carboxylic acids is 3. The van der Waals surface area contributed by atoms with Crippen molar-refractivity contribution in [3.05, 3.63) is 45.8 Å². The van der Waals surface area contributed by atoms with Crippen LogP contribution < -0.4 is 15.2 Å². The number of rotatable bonds is 6. The van der Waals surface area contributed by atoms with E-state index in [1.54, 1.807) is 32.0 Å². The third-order valence-corrected chi connectivity index (χ3v) is 6.21. The van der Waals surface area contributed by atoms with E-state index in [4.69, 9.17) is 24.7 Å². The fraction of sp³-hybridized carbons (Fsp3) is 0.381. The zero-order valence-corrected chi connectivity index (χ0v) is 18.7.